The summed E-state index contributed by atoms with van der Waals surface area (Å²) in [5, 5.41) is 2.83. The molecule has 2 aromatic carbocycles. The van der Waals surface area contributed by atoms with E-state index in [2.05, 4.69) is 22.4 Å². The molecule has 36 heavy (non-hydrogen) atoms. The maximum atomic E-state index is 12.9. The maximum Gasteiger partial charge on any atom is 0.410 e. The molecule has 0 spiro atoms. The van der Waals surface area contributed by atoms with Crippen LogP contribution in [0.2, 0.25) is 0 Å². The molecule has 1 N–H and O–H groups in total. The van der Waals surface area contributed by atoms with E-state index in [1.54, 1.807) is 17.0 Å². The van der Waals surface area contributed by atoms with Gasteiger partial charge in [0, 0.05) is 31.4 Å². The SMILES string of the molecule is CC(C)NC(=O)c1ccc(Oc2ccc(CN(CCc3ccccc3)C(=O)OC(C)(C)C)cc2)nc1. The Morgan fingerprint density at radius 2 is 1.64 bits per heavy atom. The fraction of sp³-hybridized carbons (Fsp3) is 0.345. The molecule has 0 saturated heterocycles. The van der Waals surface area contributed by atoms with Gasteiger partial charge in [0.05, 0.1) is 5.56 Å². The zero-order valence-electron chi connectivity index (χ0n) is 21.7. The van der Waals surface area contributed by atoms with Crippen LogP contribution < -0.4 is 10.1 Å². The van der Waals surface area contributed by atoms with Crippen molar-refractivity contribution in [3.8, 4) is 11.6 Å². The summed E-state index contributed by atoms with van der Waals surface area (Å²) in [6.45, 7) is 10.4. The molecule has 0 unspecified atom stereocenters. The second-order valence-corrected chi connectivity index (χ2v) is 9.90. The molecule has 3 aromatic rings. The molecule has 0 aliphatic rings. The number of carbonyl (C=O) groups is 2. The Hall–Kier alpha value is -3.87. The Morgan fingerprint density at radius 1 is 0.944 bits per heavy atom. The molecule has 0 bridgehead atoms. The molecule has 190 valence electrons. The average molecular weight is 490 g/mol. The van der Waals surface area contributed by atoms with E-state index in [-0.39, 0.29) is 18.0 Å². The van der Waals surface area contributed by atoms with Crippen molar-refractivity contribution >= 4 is 12.0 Å². The van der Waals surface area contributed by atoms with Gasteiger partial charge in [-0.2, -0.15) is 0 Å². The number of pyridine rings is 1. The summed E-state index contributed by atoms with van der Waals surface area (Å²) < 4.78 is 11.5. The number of benzene rings is 2. The van der Waals surface area contributed by atoms with Crippen LogP contribution in [0.4, 0.5) is 4.79 Å². The van der Waals surface area contributed by atoms with Crippen molar-refractivity contribution in [2.75, 3.05) is 6.54 Å². The van der Waals surface area contributed by atoms with Crippen LogP contribution in [0.25, 0.3) is 0 Å². The molecule has 7 heteroatoms. The molecular formula is C29H35N3O4. The van der Waals surface area contributed by atoms with Crippen molar-refractivity contribution in [3.63, 3.8) is 0 Å². The van der Waals surface area contributed by atoms with Crippen LogP contribution in [0.3, 0.4) is 0 Å². The van der Waals surface area contributed by atoms with Crippen LogP contribution in [-0.2, 0) is 17.7 Å². The summed E-state index contributed by atoms with van der Waals surface area (Å²) in [7, 11) is 0. The van der Waals surface area contributed by atoms with Crippen molar-refractivity contribution < 1.29 is 19.1 Å². The van der Waals surface area contributed by atoms with Gasteiger partial charge < -0.3 is 19.7 Å². The van der Waals surface area contributed by atoms with Crippen molar-refractivity contribution in [2.24, 2.45) is 0 Å². The molecule has 0 aliphatic carbocycles. The van der Waals surface area contributed by atoms with Gasteiger partial charge in [-0.15, -0.1) is 0 Å². The third-order valence-electron chi connectivity index (χ3n) is 5.10. The van der Waals surface area contributed by atoms with Gasteiger partial charge in [0.15, 0.2) is 0 Å². The fourth-order valence-corrected chi connectivity index (χ4v) is 3.39. The van der Waals surface area contributed by atoms with Gasteiger partial charge in [-0.3, -0.25) is 4.79 Å². The lowest BCUT2D eigenvalue weighted by atomic mass is 10.1. The molecule has 0 atom stereocenters. The molecule has 0 aliphatic heterocycles. The summed E-state index contributed by atoms with van der Waals surface area (Å²) in [6.07, 6.45) is 1.88. The minimum absolute atomic E-state index is 0.0523. The highest BCUT2D eigenvalue weighted by molar-refractivity contribution is 5.94. The quantitative estimate of drug-likeness (QED) is 0.399. The van der Waals surface area contributed by atoms with Crippen LogP contribution in [0.5, 0.6) is 11.6 Å². The van der Waals surface area contributed by atoms with Crippen LogP contribution in [0, 0.1) is 0 Å². The number of rotatable bonds is 9. The fourth-order valence-electron chi connectivity index (χ4n) is 3.39. The molecule has 0 saturated carbocycles. The average Bonchev–Trinajstić information content (AvgIpc) is 2.82. The molecule has 2 amide bonds. The first-order valence-corrected chi connectivity index (χ1v) is 12.1. The monoisotopic (exact) mass is 489 g/mol. The van der Waals surface area contributed by atoms with E-state index < -0.39 is 5.60 Å². The Balaban J connectivity index is 1.63. The maximum absolute atomic E-state index is 12.9. The second kappa shape index (κ2) is 12.2. The van der Waals surface area contributed by atoms with Gasteiger partial charge >= 0.3 is 6.09 Å². The topological polar surface area (TPSA) is 80.8 Å². The smallest absolute Gasteiger partial charge is 0.410 e. The first-order chi connectivity index (χ1) is 17.1. The third kappa shape index (κ3) is 8.73. The number of aromatic nitrogens is 1. The number of nitrogens with one attached hydrogen (secondary N) is 1. The minimum atomic E-state index is -0.572. The van der Waals surface area contributed by atoms with Gasteiger partial charge in [-0.25, -0.2) is 9.78 Å². The van der Waals surface area contributed by atoms with E-state index in [1.807, 2.05) is 77.1 Å². The molecule has 7 nitrogen and oxygen atoms in total. The third-order valence-corrected chi connectivity index (χ3v) is 5.10. The summed E-state index contributed by atoms with van der Waals surface area (Å²) in [5.74, 6) is 0.830. The lowest BCUT2D eigenvalue weighted by Crippen LogP contribution is -2.37. The van der Waals surface area contributed by atoms with Crippen LogP contribution in [-0.4, -0.2) is 40.1 Å². The lowest BCUT2D eigenvalue weighted by Gasteiger charge is -2.27. The number of amides is 2. The Kier molecular flexibility index (Phi) is 9.06. The molecule has 3 rings (SSSR count). The standard InChI is InChI=1S/C29H35N3O4/c1-21(2)31-27(33)24-13-16-26(30-19-24)35-25-14-11-23(12-15-25)20-32(28(34)36-29(3,4)5)18-17-22-9-7-6-8-10-22/h6-16,19,21H,17-18,20H2,1-5H3,(H,31,33). The number of nitrogens with zero attached hydrogens (tertiary/aromatic N) is 2. The highest BCUT2D eigenvalue weighted by Gasteiger charge is 2.22. The Labute approximate surface area is 213 Å². The van der Waals surface area contributed by atoms with Gasteiger partial charge in [0.2, 0.25) is 5.88 Å². The lowest BCUT2D eigenvalue weighted by molar-refractivity contribution is 0.0235. The normalized spacial score (nSPS) is 11.2. The van der Waals surface area contributed by atoms with Crippen LogP contribution >= 0.6 is 0 Å². The van der Waals surface area contributed by atoms with Crippen molar-refractivity contribution in [1.29, 1.82) is 0 Å². The molecule has 1 aromatic heterocycles. The summed E-state index contributed by atoms with van der Waals surface area (Å²) >= 11 is 0. The summed E-state index contributed by atoms with van der Waals surface area (Å²) in [4.78, 5) is 30.9. The molecular weight excluding hydrogens is 454 g/mol. The summed E-state index contributed by atoms with van der Waals surface area (Å²) in [6, 6.07) is 21.0. The number of hydrogen-bond acceptors (Lipinski definition) is 5. The predicted octanol–water partition coefficient (Wildman–Crippen LogP) is 5.99. The largest absolute Gasteiger partial charge is 0.444 e. The Morgan fingerprint density at radius 3 is 2.22 bits per heavy atom. The van der Waals surface area contributed by atoms with Gasteiger partial charge in [-0.05, 0) is 70.4 Å². The Bertz CT molecular complexity index is 1120. The van der Waals surface area contributed by atoms with Crippen molar-refractivity contribution in [1.82, 2.24) is 15.2 Å². The molecule has 1 heterocycles. The highest BCUT2D eigenvalue weighted by atomic mass is 16.6. The zero-order valence-corrected chi connectivity index (χ0v) is 21.7. The van der Waals surface area contributed by atoms with Gasteiger partial charge in [0.1, 0.15) is 11.4 Å². The number of ether oxygens (including phenoxy) is 2. The second-order valence-electron chi connectivity index (χ2n) is 9.90. The molecule has 0 fully saturated rings. The van der Waals surface area contributed by atoms with E-state index in [0.717, 1.165) is 17.5 Å². The van der Waals surface area contributed by atoms with E-state index in [0.29, 0.717) is 30.3 Å². The predicted molar refractivity (Wildman–Crippen MR) is 140 cm³/mol. The van der Waals surface area contributed by atoms with Gasteiger partial charge in [-0.1, -0.05) is 42.5 Å². The van der Waals surface area contributed by atoms with Crippen molar-refractivity contribution in [3.05, 3.63) is 89.6 Å². The van der Waals surface area contributed by atoms with E-state index in [4.69, 9.17) is 9.47 Å². The zero-order chi connectivity index (χ0) is 26.1. The van der Waals surface area contributed by atoms with E-state index in [1.165, 1.54) is 6.20 Å². The van der Waals surface area contributed by atoms with Gasteiger partial charge in [0.25, 0.3) is 5.91 Å². The van der Waals surface area contributed by atoms with E-state index >= 15 is 0 Å². The highest BCUT2D eigenvalue weighted by Crippen LogP contribution is 2.21. The number of carbonyl (C=O) groups excluding carboxylic acids is 2. The minimum Gasteiger partial charge on any atom is -0.444 e. The van der Waals surface area contributed by atoms with E-state index in [9.17, 15) is 9.59 Å². The van der Waals surface area contributed by atoms with Crippen LogP contribution in [0.15, 0.2) is 72.9 Å². The number of hydrogen-bond donors (Lipinski definition) is 1. The molecule has 0 radical (unpaired) electrons. The van der Waals surface area contributed by atoms with Crippen LogP contribution in [0.1, 0.15) is 56.1 Å². The first kappa shape index (κ1) is 26.7. The van der Waals surface area contributed by atoms with Crippen molar-refractivity contribution in [2.45, 2.75) is 59.2 Å². The first-order valence-electron chi connectivity index (χ1n) is 12.1. The summed E-state index contributed by atoms with van der Waals surface area (Å²) in [5.41, 5.74) is 2.02.